The van der Waals surface area contributed by atoms with E-state index < -0.39 is 0 Å². The van der Waals surface area contributed by atoms with Gasteiger partial charge in [-0.2, -0.15) is 0 Å². The summed E-state index contributed by atoms with van der Waals surface area (Å²) >= 11 is 0. The van der Waals surface area contributed by atoms with E-state index in [1.165, 1.54) is 0 Å². The van der Waals surface area contributed by atoms with E-state index in [9.17, 15) is 4.79 Å². The molecule has 4 nitrogen and oxygen atoms in total. The van der Waals surface area contributed by atoms with Gasteiger partial charge in [0, 0.05) is 19.3 Å². The maximum Gasteiger partial charge on any atom is 0.320 e. The minimum Gasteiger partial charge on any atom is -0.465 e. The zero-order chi connectivity index (χ0) is 11.8. The van der Waals surface area contributed by atoms with Crippen LogP contribution in [0.2, 0.25) is 0 Å². The van der Waals surface area contributed by atoms with E-state index in [1.807, 2.05) is 6.92 Å². The minimum atomic E-state index is -0.109. The summed E-state index contributed by atoms with van der Waals surface area (Å²) in [7, 11) is 0. The summed E-state index contributed by atoms with van der Waals surface area (Å²) in [5, 5.41) is 0. The first-order valence-corrected chi connectivity index (χ1v) is 6.25. The van der Waals surface area contributed by atoms with Gasteiger partial charge in [0.2, 0.25) is 0 Å². The van der Waals surface area contributed by atoms with Crippen molar-refractivity contribution in [3.63, 3.8) is 0 Å². The fourth-order valence-corrected chi connectivity index (χ4v) is 2.10. The Balaban J connectivity index is 2.41. The van der Waals surface area contributed by atoms with Crippen molar-refractivity contribution in [3.05, 3.63) is 0 Å². The highest BCUT2D eigenvalue weighted by Crippen LogP contribution is 2.14. The van der Waals surface area contributed by atoms with Gasteiger partial charge in [0.25, 0.3) is 0 Å². The van der Waals surface area contributed by atoms with E-state index in [4.69, 9.17) is 9.47 Å². The van der Waals surface area contributed by atoms with Crippen molar-refractivity contribution in [1.29, 1.82) is 0 Å². The highest BCUT2D eigenvalue weighted by Gasteiger charge is 2.22. The average Bonchev–Trinajstić information content (AvgIpc) is 2.30. The van der Waals surface area contributed by atoms with Gasteiger partial charge in [-0.15, -0.1) is 0 Å². The summed E-state index contributed by atoms with van der Waals surface area (Å²) in [4.78, 5) is 13.7. The summed E-state index contributed by atoms with van der Waals surface area (Å²) in [5.41, 5.74) is 0. The van der Waals surface area contributed by atoms with Crippen molar-refractivity contribution in [2.45, 2.75) is 39.2 Å². The molecule has 0 aromatic carbocycles. The zero-order valence-electron chi connectivity index (χ0n) is 10.4. The van der Waals surface area contributed by atoms with Crippen LogP contribution < -0.4 is 0 Å². The van der Waals surface area contributed by atoms with Crippen molar-refractivity contribution in [1.82, 2.24) is 4.90 Å². The number of hydrogen-bond donors (Lipinski definition) is 0. The molecule has 1 heterocycles. The molecular weight excluding hydrogens is 206 g/mol. The minimum absolute atomic E-state index is 0.109. The normalized spacial score (nSPS) is 17.7. The van der Waals surface area contributed by atoms with E-state index >= 15 is 0 Å². The summed E-state index contributed by atoms with van der Waals surface area (Å²) in [6.45, 7) is 7.46. The smallest absolute Gasteiger partial charge is 0.320 e. The molecule has 0 radical (unpaired) electrons. The molecule has 0 unspecified atom stereocenters. The molecular formula is C12H23NO3. The first-order chi connectivity index (χ1) is 7.77. The molecule has 0 N–H and O–H groups in total. The fraction of sp³-hybridized carbons (Fsp3) is 0.917. The third kappa shape index (κ3) is 4.49. The number of esters is 1. The molecule has 0 aromatic heterocycles. The molecule has 0 amide bonds. The first-order valence-electron chi connectivity index (χ1n) is 6.25. The Labute approximate surface area is 97.9 Å². The molecule has 1 saturated heterocycles. The third-order valence-electron chi connectivity index (χ3n) is 2.86. The van der Waals surface area contributed by atoms with Crippen LogP contribution in [0.5, 0.6) is 0 Å². The topological polar surface area (TPSA) is 38.8 Å². The molecule has 0 atom stereocenters. The Morgan fingerprint density at radius 1 is 1.38 bits per heavy atom. The van der Waals surface area contributed by atoms with Crippen molar-refractivity contribution in [2.24, 2.45) is 0 Å². The zero-order valence-corrected chi connectivity index (χ0v) is 10.4. The predicted octanol–water partition coefficient (Wildman–Crippen LogP) is 1.44. The van der Waals surface area contributed by atoms with Crippen LogP contribution in [0.3, 0.4) is 0 Å². The van der Waals surface area contributed by atoms with Crippen LogP contribution in [0.15, 0.2) is 0 Å². The number of nitrogens with zero attached hydrogens (tertiary/aromatic N) is 1. The molecule has 0 aliphatic carbocycles. The largest absolute Gasteiger partial charge is 0.465 e. The molecule has 4 heteroatoms. The number of ether oxygens (including phenoxy) is 2. The second-order valence-electron chi connectivity index (χ2n) is 4.12. The third-order valence-corrected chi connectivity index (χ3v) is 2.86. The van der Waals surface area contributed by atoms with E-state index in [0.29, 0.717) is 19.2 Å². The summed E-state index contributed by atoms with van der Waals surface area (Å²) in [6.07, 6.45) is 3.12. The Morgan fingerprint density at radius 3 is 2.62 bits per heavy atom. The lowest BCUT2D eigenvalue weighted by atomic mass is 10.1. The fourth-order valence-electron chi connectivity index (χ4n) is 2.10. The van der Waals surface area contributed by atoms with Gasteiger partial charge in [0.05, 0.1) is 13.2 Å². The molecule has 16 heavy (non-hydrogen) atoms. The Bertz CT molecular complexity index is 202. The van der Waals surface area contributed by atoms with Gasteiger partial charge in [-0.1, -0.05) is 6.92 Å². The molecule has 0 bridgehead atoms. The molecule has 0 aromatic rings. The Hall–Kier alpha value is -0.610. The summed E-state index contributed by atoms with van der Waals surface area (Å²) in [5.74, 6) is -0.109. The number of carbonyl (C=O) groups is 1. The second-order valence-corrected chi connectivity index (χ2v) is 4.12. The van der Waals surface area contributed by atoms with Gasteiger partial charge in [-0.05, 0) is 32.7 Å². The number of hydrogen-bond acceptors (Lipinski definition) is 4. The highest BCUT2D eigenvalue weighted by atomic mass is 16.5. The van der Waals surface area contributed by atoms with Crippen molar-refractivity contribution in [3.8, 4) is 0 Å². The highest BCUT2D eigenvalue weighted by molar-refractivity contribution is 5.71. The van der Waals surface area contributed by atoms with E-state index in [0.717, 1.165) is 39.0 Å². The summed E-state index contributed by atoms with van der Waals surface area (Å²) < 4.78 is 10.3. The molecule has 0 saturated carbocycles. The van der Waals surface area contributed by atoms with Gasteiger partial charge in [0.15, 0.2) is 0 Å². The van der Waals surface area contributed by atoms with Crippen LogP contribution in [-0.4, -0.2) is 49.8 Å². The monoisotopic (exact) mass is 229 g/mol. The Morgan fingerprint density at radius 2 is 2.06 bits per heavy atom. The van der Waals surface area contributed by atoms with Gasteiger partial charge < -0.3 is 9.47 Å². The molecule has 0 spiro atoms. The van der Waals surface area contributed by atoms with Crippen LogP contribution in [0.4, 0.5) is 0 Å². The number of carbonyl (C=O) groups excluding carboxylic acids is 1. The van der Waals surface area contributed by atoms with Crippen LogP contribution in [0, 0.1) is 0 Å². The van der Waals surface area contributed by atoms with E-state index in [-0.39, 0.29) is 5.97 Å². The SMILES string of the molecule is CCCN(CC(=O)OCC)C1CCOCC1. The molecule has 1 aliphatic rings. The van der Waals surface area contributed by atoms with E-state index in [2.05, 4.69) is 11.8 Å². The molecule has 94 valence electrons. The second kappa shape index (κ2) is 7.63. The standard InChI is InChI=1S/C12H23NO3/c1-3-7-13(10-12(14)16-4-2)11-5-8-15-9-6-11/h11H,3-10H2,1-2H3. The van der Waals surface area contributed by atoms with Crippen LogP contribution in [0.25, 0.3) is 0 Å². The number of rotatable bonds is 6. The quantitative estimate of drug-likeness (QED) is 0.646. The van der Waals surface area contributed by atoms with Crippen LogP contribution in [-0.2, 0) is 14.3 Å². The lowest BCUT2D eigenvalue weighted by molar-refractivity contribution is -0.145. The van der Waals surface area contributed by atoms with Crippen LogP contribution in [0.1, 0.15) is 33.1 Å². The van der Waals surface area contributed by atoms with Gasteiger partial charge in [-0.25, -0.2) is 0 Å². The predicted molar refractivity (Wildman–Crippen MR) is 62.3 cm³/mol. The van der Waals surface area contributed by atoms with E-state index in [1.54, 1.807) is 0 Å². The van der Waals surface area contributed by atoms with Crippen molar-refractivity contribution in [2.75, 3.05) is 32.9 Å². The lowest BCUT2D eigenvalue weighted by Gasteiger charge is -2.33. The maximum atomic E-state index is 11.5. The van der Waals surface area contributed by atoms with Gasteiger partial charge in [-0.3, -0.25) is 9.69 Å². The van der Waals surface area contributed by atoms with Crippen molar-refractivity contribution < 1.29 is 14.3 Å². The molecule has 1 rings (SSSR count). The molecule has 1 fully saturated rings. The first kappa shape index (κ1) is 13.5. The van der Waals surface area contributed by atoms with Crippen molar-refractivity contribution >= 4 is 5.97 Å². The van der Waals surface area contributed by atoms with Gasteiger partial charge in [0.1, 0.15) is 0 Å². The van der Waals surface area contributed by atoms with Crippen LogP contribution >= 0.6 is 0 Å². The maximum absolute atomic E-state index is 11.5. The summed E-state index contributed by atoms with van der Waals surface area (Å²) in [6, 6.07) is 0.484. The van der Waals surface area contributed by atoms with Gasteiger partial charge >= 0.3 is 5.97 Å². The molecule has 1 aliphatic heterocycles. The Kier molecular flexibility index (Phi) is 6.42. The average molecular weight is 229 g/mol. The lowest BCUT2D eigenvalue weighted by Crippen LogP contribution is -2.43.